The highest BCUT2D eigenvalue weighted by molar-refractivity contribution is 5.78. The first-order chi connectivity index (χ1) is 35.6. The van der Waals surface area contributed by atoms with Crippen molar-refractivity contribution in [2.24, 2.45) is 0 Å². The van der Waals surface area contributed by atoms with Crippen molar-refractivity contribution >= 4 is 18.2 Å². The smallest absolute Gasteiger partial charge is 0.410 e. The fourth-order valence-electron chi connectivity index (χ4n) is 9.11. The molecule has 15 nitrogen and oxygen atoms in total. The molecule has 7 aromatic rings. The highest BCUT2D eigenvalue weighted by Gasteiger charge is 2.40. The molecule has 9 rings (SSSR count). The summed E-state index contributed by atoms with van der Waals surface area (Å²) in [5.74, 6) is 1.50. The van der Waals surface area contributed by atoms with Crippen LogP contribution in [0.3, 0.4) is 0 Å². The third-order valence-electron chi connectivity index (χ3n) is 12.9. The van der Waals surface area contributed by atoms with E-state index in [9.17, 15) is 28.3 Å². The molecule has 0 spiro atoms. The third-order valence-corrected chi connectivity index (χ3v) is 12.9. The van der Waals surface area contributed by atoms with Crippen molar-refractivity contribution in [1.29, 1.82) is 0 Å². The summed E-state index contributed by atoms with van der Waals surface area (Å²) in [6, 6.07) is 37.1. The summed E-state index contributed by atoms with van der Waals surface area (Å²) in [4.78, 5) is 46.1. The Hall–Kier alpha value is -8.07. The van der Waals surface area contributed by atoms with Crippen LogP contribution in [0.4, 0.5) is 23.2 Å². The second-order valence-corrected chi connectivity index (χ2v) is 19.4. The van der Waals surface area contributed by atoms with Gasteiger partial charge in [-0.2, -0.15) is 9.78 Å². The Morgan fingerprint density at radius 1 is 0.743 bits per heavy atom. The summed E-state index contributed by atoms with van der Waals surface area (Å²) in [5.41, 5.74) is 2.95. The number of nitrogens with zero attached hydrogens (tertiary/aromatic N) is 9. The highest BCUT2D eigenvalue weighted by Crippen LogP contribution is 2.36. The Balaban J connectivity index is 0.000000200. The molecule has 17 heteroatoms. The summed E-state index contributed by atoms with van der Waals surface area (Å²) < 4.78 is 40.1. The fourth-order valence-corrected chi connectivity index (χ4v) is 9.11. The number of benzene rings is 5. The first kappa shape index (κ1) is 52.3. The molecule has 4 heterocycles. The van der Waals surface area contributed by atoms with Crippen LogP contribution < -0.4 is 0 Å². The van der Waals surface area contributed by atoms with Gasteiger partial charge in [-0.05, 0) is 99.9 Å². The lowest BCUT2D eigenvalue weighted by Gasteiger charge is -2.41. The van der Waals surface area contributed by atoms with E-state index in [0.29, 0.717) is 51.1 Å². The molecule has 3 atom stereocenters. The number of piperazine rings is 1. The minimum absolute atomic E-state index is 0.0239. The summed E-state index contributed by atoms with van der Waals surface area (Å²) in [5, 5.41) is 28.9. The number of carbonyl (C=O) groups is 3. The molecule has 2 saturated heterocycles. The van der Waals surface area contributed by atoms with Crippen LogP contribution in [0.2, 0.25) is 0 Å². The van der Waals surface area contributed by atoms with Gasteiger partial charge in [0.2, 0.25) is 0 Å². The van der Waals surface area contributed by atoms with Crippen molar-refractivity contribution in [2.75, 3.05) is 32.8 Å². The van der Waals surface area contributed by atoms with Crippen LogP contribution in [0.15, 0.2) is 146 Å². The van der Waals surface area contributed by atoms with Gasteiger partial charge in [0.25, 0.3) is 0 Å². The third kappa shape index (κ3) is 12.7. The van der Waals surface area contributed by atoms with Crippen molar-refractivity contribution in [3.05, 3.63) is 191 Å². The second-order valence-electron chi connectivity index (χ2n) is 19.4. The van der Waals surface area contributed by atoms with Gasteiger partial charge >= 0.3 is 18.2 Å². The number of terminal acetylenes is 1. The van der Waals surface area contributed by atoms with E-state index in [0.717, 1.165) is 33.5 Å². The number of hydrogen-bond donors (Lipinski definition) is 1. The predicted octanol–water partition coefficient (Wildman–Crippen LogP) is 8.92. The minimum Gasteiger partial charge on any atom is -0.444 e. The Kier molecular flexibility index (Phi) is 16.4. The van der Waals surface area contributed by atoms with Gasteiger partial charge in [-0.15, -0.1) is 16.6 Å². The Morgan fingerprint density at radius 2 is 1.34 bits per heavy atom. The number of halogens is 2. The molecule has 3 amide bonds. The lowest BCUT2D eigenvalue weighted by Crippen LogP contribution is -2.58. The normalized spacial score (nSPS) is 16.9. The number of hydrogen-bond acceptors (Lipinski definition) is 10. The first-order valence-corrected chi connectivity index (χ1v) is 24.5. The topological polar surface area (TPSA) is 161 Å². The molecule has 2 aliphatic rings. The van der Waals surface area contributed by atoms with Crippen LogP contribution >= 0.6 is 0 Å². The van der Waals surface area contributed by atoms with Crippen LogP contribution in [-0.4, -0.2) is 125 Å². The number of piperidine rings is 1. The molecule has 2 fully saturated rings. The van der Waals surface area contributed by atoms with E-state index in [-0.39, 0.29) is 53.7 Å². The van der Waals surface area contributed by atoms with Gasteiger partial charge in [0.1, 0.15) is 35.2 Å². The summed E-state index contributed by atoms with van der Waals surface area (Å²) in [6.07, 6.45) is 10.4. The average Bonchev–Trinajstić information content (AvgIpc) is 4.11. The maximum absolute atomic E-state index is 13.8. The van der Waals surface area contributed by atoms with Crippen molar-refractivity contribution in [3.63, 3.8) is 0 Å². The SMILES string of the molecule is C#CCO[C@@H]1CC[C@H](Cc2ccccc2)N(C(=O)n2ncc(C(O)(c3ccc(F)cc3)c3ccc(F)cc3)n2)C1.Cc1ccc(-c2cn(C(=O)N3CCN(C(=O)OC(C)(C)C)CC3Cc3ccccc3)nn2)cc1. The number of ether oxygens (including phenoxy) is 2. The lowest BCUT2D eigenvalue weighted by atomic mass is 9.84. The van der Waals surface area contributed by atoms with Crippen molar-refractivity contribution < 1.29 is 37.7 Å². The molecule has 0 radical (unpaired) electrons. The molecule has 0 aliphatic carbocycles. The minimum atomic E-state index is -1.93. The van der Waals surface area contributed by atoms with E-state index >= 15 is 0 Å². The zero-order valence-electron chi connectivity index (χ0n) is 41.8. The second kappa shape index (κ2) is 23.2. The molecule has 0 bridgehead atoms. The van der Waals surface area contributed by atoms with Crippen molar-refractivity contribution in [2.45, 2.75) is 82.8 Å². The zero-order valence-corrected chi connectivity index (χ0v) is 41.8. The molecule has 382 valence electrons. The van der Waals surface area contributed by atoms with E-state index < -0.39 is 28.9 Å². The van der Waals surface area contributed by atoms with Gasteiger partial charge in [-0.25, -0.2) is 23.2 Å². The number of likely N-dealkylation sites (tertiary alicyclic amines) is 1. The van der Waals surface area contributed by atoms with E-state index in [1.54, 1.807) is 20.9 Å². The van der Waals surface area contributed by atoms with Gasteiger partial charge in [0.05, 0.1) is 24.5 Å². The highest BCUT2D eigenvalue weighted by atomic mass is 19.1. The number of carbonyl (C=O) groups excluding carboxylic acids is 3. The number of aromatic nitrogens is 6. The molecule has 1 N–H and O–H groups in total. The lowest BCUT2D eigenvalue weighted by molar-refractivity contribution is 0.00731. The summed E-state index contributed by atoms with van der Waals surface area (Å²) in [6.45, 7) is 9.18. The Labute approximate surface area is 429 Å². The number of aryl methyl sites for hydroxylation is 1. The summed E-state index contributed by atoms with van der Waals surface area (Å²) >= 11 is 0. The van der Waals surface area contributed by atoms with Crippen LogP contribution in [0.1, 0.15) is 67.1 Å². The number of rotatable bonds is 10. The monoisotopic (exact) mass is 1000 g/mol. The molecule has 2 aliphatic heterocycles. The molecule has 74 heavy (non-hydrogen) atoms. The average molecular weight is 1000 g/mol. The van der Waals surface area contributed by atoms with E-state index in [2.05, 4.69) is 26.4 Å². The molecular weight excluding hydrogens is 945 g/mol. The van der Waals surface area contributed by atoms with Gasteiger partial charge in [0, 0.05) is 37.8 Å². The standard InChI is InChI=1S/C31H28F2N4O3.C26H31N5O3/c1-2-18-40-28-17-16-27(19-22-6-4-3-5-7-22)36(21-28)30(38)37-34-20-29(35-37)31(39,23-8-12-25(32)13-9-23)24-10-14-26(33)15-11-24;1-19-10-12-21(13-11-19)23-18-31(28-27-23)24(32)30-15-14-29(25(33)34-26(2,3)4)17-22(30)16-20-8-6-5-7-9-20/h1,3-15,20,27-28,39H,16-19,21H2;5-13,18,22H,14-17H2,1-4H3/t27-,28-;/m1./s1. The molecule has 2 aromatic heterocycles. The van der Waals surface area contributed by atoms with E-state index in [1.165, 1.54) is 59.4 Å². The van der Waals surface area contributed by atoms with Crippen LogP contribution in [0.25, 0.3) is 11.3 Å². The quantitative estimate of drug-likeness (QED) is 0.131. The predicted molar refractivity (Wildman–Crippen MR) is 274 cm³/mol. The zero-order chi connectivity index (χ0) is 52.4. The number of amides is 3. The number of aliphatic hydroxyl groups is 1. The van der Waals surface area contributed by atoms with Crippen LogP contribution in [0, 0.1) is 30.9 Å². The Morgan fingerprint density at radius 3 is 1.92 bits per heavy atom. The molecule has 1 unspecified atom stereocenters. The van der Waals surface area contributed by atoms with E-state index in [1.807, 2.05) is 113 Å². The van der Waals surface area contributed by atoms with Crippen LogP contribution in [-0.2, 0) is 27.9 Å². The Bertz CT molecular complexity index is 2980. The largest absolute Gasteiger partial charge is 0.444 e. The first-order valence-electron chi connectivity index (χ1n) is 24.5. The molecule has 5 aromatic carbocycles. The molecular formula is C57H59F2N9O6. The van der Waals surface area contributed by atoms with E-state index in [4.69, 9.17) is 15.9 Å². The summed E-state index contributed by atoms with van der Waals surface area (Å²) in [7, 11) is 0. The van der Waals surface area contributed by atoms with Crippen molar-refractivity contribution in [1.82, 2.24) is 44.7 Å². The van der Waals surface area contributed by atoms with Gasteiger partial charge in [-0.1, -0.05) is 131 Å². The van der Waals surface area contributed by atoms with Crippen LogP contribution in [0.5, 0.6) is 0 Å². The maximum Gasteiger partial charge on any atom is 0.410 e. The molecule has 0 saturated carbocycles. The van der Waals surface area contributed by atoms with Gasteiger partial charge in [-0.3, -0.25) is 0 Å². The van der Waals surface area contributed by atoms with Gasteiger partial charge < -0.3 is 29.3 Å². The maximum atomic E-state index is 13.8. The fraction of sp³-hybridized carbons (Fsp3) is 0.316. The van der Waals surface area contributed by atoms with Gasteiger partial charge in [0.15, 0.2) is 5.60 Å². The van der Waals surface area contributed by atoms with Crippen molar-refractivity contribution in [3.8, 4) is 23.6 Å².